The van der Waals surface area contributed by atoms with E-state index in [4.69, 9.17) is 11.6 Å². The Balaban J connectivity index is 3.23. The SMILES string of the molecule is CC(CCl)CN=C=S. The van der Waals surface area contributed by atoms with Crippen LogP contribution in [-0.2, 0) is 0 Å². The molecule has 0 fully saturated rings. The van der Waals surface area contributed by atoms with Crippen molar-refractivity contribution in [1.29, 1.82) is 0 Å². The average Bonchev–Trinajstić information content (AvgIpc) is 1.83. The second-order valence-corrected chi connectivity index (χ2v) is 2.18. The number of hydrogen-bond donors (Lipinski definition) is 0. The Kier molecular flexibility index (Phi) is 5.29. The summed E-state index contributed by atoms with van der Waals surface area (Å²) in [6.45, 7) is 2.72. The van der Waals surface area contributed by atoms with Crippen molar-refractivity contribution in [3.05, 3.63) is 0 Å². The molecular weight excluding hydrogens is 142 g/mol. The first-order valence-corrected chi connectivity index (χ1v) is 3.35. The molecule has 0 aromatic rings. The average molecular weight is 150 g/mol. The van der Waals surface area contributed by atoms with Gasteiger partial charge in [-0.3, -0.25) is 0 Å². The highest BCUT2D eigenvalue weighted by atomic mass is 35.5. The number of rotatable bonds is 3. The summed E-state index contributed by atoms with van der Waals surface area (Å²) in [6.07, 6.45) is 0. The molecule has 1 atom stereocenters. The van der Waals surface area contributed by atoms with Crippen LogP contribution in [0.4, 0.5) is 0 Å². The van der Waals surface area contributed by atoms with Crippen LogP contribution in [0.15, 0.2) is 4.99 Å². The third kappa shape index (κ3) is 4.25. The van der Waals surface area contributed by atoms with Crippen LogP contribution in [0.5, 0.6) is 0 Å². The van der Waals surface area contributed by atoms with Crippen molar-refractivity contribution < 1.29 is 0 Å². The number of hydrogen-bond acceptors (Lipinski definition) is 2. The normalized spacial score (nSPS) is 12.2. The summed E-state index contributed by atoms with van der Waals surface area (Å²) in [5.74, 6) is 1.06. The monoisotopic (exact) mass is 149 g/mol. The third-order valence-electron chi connectivity index (χ3n) is 0.731. The summed E-state index contributed by atoms with van der Waals surface area (Å²) in [6, 6.07) is 0. The Bertz CT molecular complexity index is 98.6. The van der Waals surface area contributed by atoms with Gasteiger partial charge in [0.2, 0.25) is 0 Å². The molecule has 0 rings (SSSR count). The van der Waals surface area contributed by atoms with Crippen molar-refractivity contribution in [3.63, 3.8) is 0 Å². The molecule has 0 heterocycles. The summed E-state index contributed by atoms with van der Waals surface area (Å²) in [5, 5.41) is 2.28. The fraction of sp³-hybridized carbons (Fsp3) is 0.800. The van der Waals surface area contributed by atoms with Crippen LogP contribution < -0.4 is 0 Å². The van der Waals surface area contributed by atoms with Crippen molar-refractivity contribution in [3.8, 4) is 0 Å². The Hall–Kier alpha value is 0.0900. The maximum atomic E-state index is 5.47. The fourth-order valence-electron chi connectivity index (χ4n) is 0.242. The second kappa shape index (κ2) is 5.23. The molecule has 0 N–H and O–H groups in total. The van der Waals surface area contributed by atoms with E-state index in [1.807, 2.05) is 6.92 Å². The quantitative estimate of drug-likeness (QED) is 0.340. The van der Waals surface area contributed by atoms with Crippen LogP contribution >= 0.6 is 23.8 Å². The smallest absolute Gasteiger partial charge is 0.0585 e. The highest BCUT2D eigenvalue weighted by molar-refractivity contribution is 7.78. The van der Waals surface area contributed by atoms with E-state index in [1.54, 1.807) is 0 Å². The zero-order chi connectivity index (χ0) is 6.41. The minimum Gasteiger partial charge on any atom is -0.232 e. The van der Waals surface area contributed by atoms with Crippen molar-refractivity contribution >= 4 is 29.0 Å². The van der Waals surface area contributed by atoms with Gasteiger partial charge in [-0.2, -0.15) is 0 Å². The van der Waals surface area contributed by atoms with Gasteiger partial charge >= 0.3 is 0 Å². The van der Waals surface area contributed by atoms with Crippen LogP contribution in [0.1, 0.15) is 6.92 Å². The minimum atomic E-state index is 0.423. The third-order valence-corrected chi connectivity index (χ3v) is 1.39. The Morgan fingerprint density at radius 3 is 2.88 bits per heavy atom. The molecule has 1 nitrogen and oxygen atoms in total. The van der Waals surface area contributed by atoms with Crippen molar-refractivity contribution in [2.45, 2.75) is 6.92 Å². The summed E-state index contributed by atoms with van der Waals surface area (Å²) in [5.41, 5.74) is 0. The maximum Gasteiger partial charge on any atom is 0.0585 e. The van der Waals surface area contributed by atoms with Gasteiger partial charge in [0.05, 0.1) is 11.7 Å². The van der Waals surface area contributed by atoms with Crippen LogP contribution in [0.3, 0.4) is 0 Å². The van der Waals surface area contributed by atoms with Crippen LogP contribution in [0, 0.1) is 5.92 Å². The van der Waals surface area contributed by atoms with Gasteiger partial charge in [-0.25, -0.2) is 4.99 Å². The topological polar surface area (TPSA) is 12.4 Å². The molecule has 0 saturated heterocycles. The van der Waals surface area contributed by atoms with Gasteiger partial charge in [0.15, 0.2) is 0 Å². The van der Waals surface area contributed by atoms with E-state index in [1.165, 1.54) is 0 Å². The molecule has 0 aromatic heterocycles. The Morgan fingerprint density at radius 2 is 2.50 bits per heavy atom. The van der Waals surface area contributed by atoms with E-state index < -0.39 is 0 Å². The van der Waals surface area contributed by atoms with E-state index in [9.17, 15) is 0 Å². The molecule has 0 radical (unpaired) electrons. The fourth-order valence-corrected chi connectivity index (χ4v) is 0.414. The van der Waals surface area contributed by atoms with Gasteiger partial charge in [0.1, 0.15) is 0 Å². The van der Waals surface area contributed by atoms with Crippen molar-refractivity contribution in [1.82, 2.24) is 0 Å². The van der Waals surface area contributed by atoms with E-state index >= 15 is 0 Å². The maximum absolute atomic E-state index is 5.47. The van der Waals surface area contributed by atoms with E-state index in [2.05, 4.69) is 22.4 Å². The van der Waals surface area contributed by atoms with Gasteiger partial charge in [-0.1, -0.05) is 6.92 Å². The molecule has 0 aliphatic rings. The summed E-state index contributed by atoms with van der Waals surface area (Å²) < 4.78 is 0. The molecule has 46 valence electrons. The van der Waals surface area contributed by atoms with Gasteiger partial charge in [0, 0.05) is 5.88 Å². The van der Waals surface area contributed by atoms with E-state index in [0.717, 1.165) is 0 Å². The Morgan fingerprint density at radius 1 is 1.88 bits per heavy atom. The molecule has 0 aliphatic heterocycles. The van der Waals surface area contributed by atoms with Crippen LogP contribution in [0.2, 0.25) is 0 Å². The lowest BCUT2D eigenvalue weighted by Gasteiger charge is -1.97. The first kappa shape index (κ1) is 8.09. The van der Waals surface area contributed by atoms with Gasteiger partial charge in [-0.05, 0) is 18.1 Å². The molecule has 0 aromatic carbocycles. The molecule has 0 amide bonds. The molecular formula is C5H8ClNS. The standard InChI is InChI=1S/C5H8ClNS/c1-5(2-6)3-7-4-8/h5H,2-3H2,1H3. The number of halogens is 1. The molecule has 0 aliphatic carbocycles. The summed E-state index contributed by atoms with van der Waals surface area (Å²) in [7, 11) is 0. The lowest BCUT2D eigenvalue weighted by molar-refractivity contribution is 0.675. The molecule has 0 spiro atoms. The zero-order valence-electron chi connectivity index (χ0n) is 4.72. The van der Waals surface area contributed by atoms with Crippen molar-refractivity contribution in [2.75, 3.05) is 12.4 Å². The van der Waals surface area contributed by atoms with Crippen LogP contribution in [-0.4, -0.2) is 17.6 Å². The molecule has 1 unspecified atom stereocenters. The van der Waals surface area contributed by atoms with Crippen molar-refractivity contribution in [2.24, 2.45) is 10.9 Å². The number of alkyl halides is 1. The Labute approximate surface area is 59.8 Å². The first-order valence-electron chi connectivity index (χ1n) is 2.41. The molecule has 3 heteroatoms. The first-order chi connectivity index (χ1) is 3.81. The van der Waals surface area contributed by atoms with Gasteiger partial charge < -0.3 is 0 Å². The molecule has 8 heavy (non-hydrogen) atoms. The predicted molar refractivity (Wildman–Crippen MR) is 39.8 cm³/mol. The molecule has 0 saturated carbocycles. The number of aliphatic imine (C=N–C) groups is 1. The number of thiocarbonyl (C=S) groups is 1. The van der Waals surface area contributed by atoms with E-state index in [-0.39, 0.29) is 0 Å². The second-order valence-electron chi connectivity index (χ2n) is 1.69. The highest BCUT2D eigenvalue weighted by Gasteiger charge is 1.94. The van der Waals surface area contributed by atoms with Gasteiger partial charge in [0.25, 0.3) is 0 Å². The molecule has 0 bridgehead atoms. The largest absolute Gasteiger partial charge is 0.232 e. The van der Waals surface area contributed by atoms with Crippen LogP contribution in [0.25, 0.3) is 0 Å². The lowest BCUT2D eigenvalue weighted by atomic mass is 10.2. The lowest BCUT2D eigenvalue weighted by Crippen LogP contribution is -1.99. The van der Waals surface area contributed by atoms with E-state index in [0.29, 0.717) is 18.3 Å². The highest BCUT2D eigenvalue weighted by Crippen LogP contribution is 1.96. The summed E-state index contributed by atoms with van der Waals surface area (Å²) in [4.78, 5) is 3.72. The number of nitrogens with zero attached hydrogens (tertiary/aromatic N) is 1. The zero-order valence-corrected chi connectivity index (χ0v) is 6.30. The number of isothiocyanates is 1. The summed E-state index contributed by atoms with van der Waals surface area (Å²) >= 11 is 9.82. The van der Waals surface area contributed by atoms with Gasteiger partial charge in [-0.15, -0.1) is 11.6 Å². The predicted octanol–water partition coefficient (Wildman–Crippen LogP) is 1.96. The minimum absolute atomic E-state index is 0.423.